The molecule has 0 radical (unpaired) electrons. The fraction of sp³-hybridized carbons (Fsp3) is 0.700. The molecular weight excluding hydrogens is 162 g/mol. The number of rotatable bonds is 1. The number of hydrogen-bond donors (Lipinski definition) is 1. The van der Waals surface area contributed by atoms with Crippen LogP contribution in [0.15, 0.2) is 6.07 Å². The van der Waals surface area contributed by atoms with Crippen LogP contribution in [0.25, 0.3) is 0 Å². The zero-order valence-electron chi connectivity index (χ0n) is 8.70. The second kappa shape index (κ2) is 2.35. The fourth-order valence-corrected chi connectivity index (χ4v) is 1.98. The van der Waals surface area contributed by atoms with Gasteiger partial charge in [0.2, 0.25) is 0 Å². The molecular formula is C10H17N3. The van der Waals surface area contributed by atoms with E-state index >= 15 is 0 Å². The zero-order valence-corrected chi connectivity index (χ0v) is 8.70. The number of aryl methyl sites for hydroxylation is 2. The van der Waals surface area contributed by atoms with Crippen LogP contribution in [-0.2, 0) is 7.05 Å². The summed E-state index contributed by atoms with van der Waals surface area (Å²) in [4.78, 5) is 0. The Kier molecular flexibility index (Phi) is 1.58. The Morgan fingerprint density at radius 2 is 2.08 bits per heavy atom. The van der Waals surface area contributed by atoms with Crippen molar-refractivity contribution in [1.29, 1.82) is 0 Å². The molecule has 72 valence electrons. The van der Waals surface area contributed by atoms with Crippen molar-refractivity contribution >= 4 is 0 Å². The summed E-state index contributed by atoms with van der Waals surface area (Å²) >= 11 is 0. The molecule has 2 atom stereocenters. The van der Waals surface area contributed by atoms with Crippen LogP contribution in [0.3, 0.4) is 0 Å². The van der Waals surface area contributed by atoms with Gasteiger partial charge in [-0.25, -0.2) is 0 Å². The van der Waals surface area contributed by atoms with E-state index in [1.54, 1.807) is 0 Å². The lowest BCUT2D eigenvalue weighted by Crippen LogP contribution is -2.06. The summed E-state index contributed by atoms with van der Waals surface area (Å²) in [6.45, 7) is 6.47. The molecule has 1 fully saturated rings. The van der Waals surface area contributed by atoms with Gasteiger partial charge in [0, 0.05) is 24.7 Å². The Bertz CT molecular complexity index is 318. The number of hydrogen-bond acceptors (Lipinski definition) is 2. The highest BCUT2D eigenvalue weighted by molar-refractivity contribution is 5.29. The first kappa shape index (κ1) is 8.75. The van der Waals surface area contributed by atoms with Crippen LogP contribution in [0.1, 0.15) is 31.2 Å². The smallest absolute Gasteiger partial charge is 0.0679 e. The maximum absolute atomic E-state index is 5.99. The molecule has 1 heterocycles. The first-order valence-corrected chi connectivity index (χ1v) is 4.70. The lowest BCUT2D eigenvalue weighted by atomic mass is 10.1. The van der Waals surface area contributed by atoms with Gasteiger partial charge in [-0.2, -0.15) is 5.10 Å². The van der Waals surface area contributed by atoms with Crippen molar-refractivity contribution < 1.29 is 0 Å². The molecule has 3 nitrogen and oxygen atoms in total. The van der Waals surface area contributed by atoms with Crippen LogP contribution in [0.5, 0.6) is 0 Å². The van der Waals surface area contributed by atoms with Crippen molar-refractivity contribution in [2.75, 3.05) is 0 Å². The van der Waals surface area contributed by atoms with Crippen molar-refractivity contribution in [3.8, 4) is 0 Å². The van der Waals surface area contributed by atoms with Gasteiger partial charge < -0.3 is 5.73 Å². The predicted octanol–water partition coefficient (Wildman–Crippen LogP) is 1.18. The number of aromatic nitrogens is 2. The van der Waals surface area contributed by atoms with Gasteiger partial charge in [-0.1, -0.05) is 13.8 Å². The minimum atomic E-state index is 0.237. The van der Waals surface area contributed by atoms with Gasteiger partial charge in [-0.3, -0.25) is 4.68 Å². The molecule has 0 spiro atoms. The lowest BCUT2D eigenvalue weighted by molar-refractivity contribution is 0.591. The molecule has 1 aromatic rings. The summed E-state index contributed by atoms with van der Waals surface area (Å²) in [7, 11) is 1.97. The molecule has 1 saturated carbocycles. The average Bonchev–Trinajstić information content (AvgIpc) is 2.34. The van der Waals surface area contributed by atoms with E-state index in [0.717, 1.165) is 5.69 Å². The highest BCUT2D eigenvalue weighted by atomic mass is 15.3. The molecule has 0 aromatic carbocycles. The van der Waals surface area contributed by atoms with Crippen molar-refractivity contribution in [1.82, 2.24) is 9.78 Å². The van der Waals surface area contributed by atoms with E-state index in [-0.39, 0.29) is 11.5 Å². The second-order valence-corrected chi connectivity index (χ2v) is 4.66. The summed E-state index contributed by atoms with van der Waals surface area (Å²) in [6.07, 6.45) is 0. The summed E-state index contributed by atoms with van der Waals surface area (Å²) in [5.74, 6) is 0.451. The van der Waals surface area contributed by atoms with Crippen molar-refractivity contribution in [3.63, 3.8) is 0 Å². The SMILES string of the molecule is Cc1cc(C2C(N)C2(C)C)nn1C. The van der Waals surface area contributed by atoms with E-state index < -0.39 is 0 Å². The third-order valence-electron chi connectivity index (χ3n) is 3.36. The molecule has 2 rings (SSSR count). The third-order valence-corrected chi connectivity index (χ3v) is 3.36. The van der Waals surface area contributed by atoms with Crippen LogP contribution in [0.4, 0.5) is 0 Å². The molecule has 13 heavy (non-hydrogen) atoms. The minimum absolute atomic E-state index is 0.237. The van der Waals surface area contributed by atoms with Gasteiger partial charge in [0.1, 0.15) is 0 Å². The molecule has 0 saturated heterocycles. The first-order chi connectivity index (χ1) is 5.94. The summed E-state index contributed by atoms with van der Waals surface area (Å²) < 4.78 is 1.91. The predicted molar refractivity (Wildman–Crippen MR) is 52.4 cm³/mol. The standard InChI is InChI=1S/C10H17N3/c1-6-5-7(12-13(6)4)8-9(11)10(8,2)3/h5,8-9H,11H2,1-4H3. The van der Waals surface area contributed by atoms with E-state index in [2.05, 4.69) is 31.9 Å². The molecule has 1 aliphatic rings. The molecule has 0 bridgehead atoms. The van der Waals surface area contributed by atoms with Gasteiger partial charge in [0.15, 0.2) is 0 Å². The van der Waals surface area contributed by atoms with Gasteiger partial charge in [-0.15, -0.1) is 0 Å². The first-order valence-electron chi connectivity index (χ1n) is 4.70. The Hall–Kier alpha value is -0.830. The molecule has 0 amide bonds. The Labute approximate surface area is 78.9 Å². The Balaban J connectivity index is 2.29. The van der Waals surface area contributed by atoms with Crippen LogP contribution >= 0.6 is 0 Å². The van der Waals surface area contributed by atoms with Crippen molar-refractivity contribution in [2.24, 2.45) is 18.2 Å². The van der Waals surface area contributed by atoms with Crippen LogP contribution in [0.2, 0.25) is 0 Å². The monoisotopic (exact) mass is 179 g/mol. The Morgan fingerprint density at radius 3 is 2.38 bits per heavy atom. The van der Waals surface area contributed by atoms with Gasteiger partial charge in [0.25, 0.3) is 0 Å². The molecule has 2 N–H and O–H groups in total. The van der Waals surface area contributed by atoms with Crippen molar-refractivity contribution in [3.05, 3.63) is 17.5 Å². The van der Waals surface area contributed by atoms with E-state index in [4.69, 9.17) is 5.73 Å². The summed E-state index contributed by atoms with van der Waals surface area (Å²) in [5, 5.41) is 4.45. The largest absolute Gasteiger partial charge is 0.327 e. The molecule has 2 unspecified atom stereocenters. The minimum Gasteiger partial charge on any atom is -0.327 e. The van der Waals surface area contributed by atoms with Crippen LogP contribution in [-0.4, -0.2) is 15.8 Å². The third kappa shape index (κ3) is 1.10. The fourth-order valence-electron chi connectivity index (χ4n) is 1.98. The van der Waals surface area contributed by atoms with E-state index in [9.17, 15) is 0 Å². The van der Waals surface area contributed by atoms with Crippen molar-refractivity contribution in [2.45, 2.75) is 32.7 Å². The lowest BCUT2D eigenvalue weighted by Gasteiger charge is -1.97. The maximum Gasteiger partial charge on any atom is 0.0679 e. The molecule has 0 aliphatic heterocycles. The number of nitrogens with two attached hydrogens (primary N) is 1. The Morgan fingerprint density at radius 1 is 1.54 bits per heavy atom. The highest BCUT2D eigenvalue weighted by Gasteiger charge is 2.57. The van der Waals surface area contributed by atoms with Gasteiger partial charge in [0.05, 0.1) is 5.69 Å². The van der Waals surface area contributed by atoms with E-state index in [1.807, 2.05) is 11.7 Å². The topological polar surface area (TPSA) is 43.8 Å². The van der Waals surface area contributed by atoms with Gasteiger partial charge in [-0.05, 0) is 18.4 Å². The molecule has 1 aromatic heterocycles. The van der Waals surface area contributed by atoms with E-state index in [1.165, 1.54) is 5.69 Å². The average molecular weight is 179 g/mol. The quantitative estimate of drug-likeness (QED) is 0.703. The van der Waals surface area contributed by atoms with Crippen LogP contribution < -0.4 is 5.73 Å². The maximum atomic E-state index is 5.99. The van der Waals surface area contributed by atoms with Crippen LogP contribution in [0, 0.1) is 12.3 Å². The molecule has 1 aliphatic carbocycles. The zero-order chi connectivity index (χ0) is 9.80. The summed E-state index contributed by atoms with van der Waals surface area (Å²) in [5.41, 5.74) is 8.57. The highest BCUT2D eigenvalue weighted by Crippen LogP contribution is 2.56. The number of nitrogens with zero attached hydrogens (tertiary/aromatic N) is 2. The molecule has 3 heteroatoms. The normalized spacial score (nSPS) is 30.5. The van der Waals surface area contributed by atoms with E-state index in [0.29, 0.717) is 5.92 Å². The van der Waals surface area contributed by atoms with Gasteiger partial charge >= 0.3 is 0 Å². The summed E-state index contributed by atoms with van der Waals surface area (Å²) in [6, 6.07) is 2.42. The second-order valence-electron chi connectivity index (χ2n) is 4.66.